The summed E-state index contributed by atoms with van der Waals surface area (Å²) >= 11 is 5.82. The number of carbonyl (C=O) groups excluding carboxylic acids is 2. The summed E-state index contributed by atoms with van der Waals surface area (Å²) < 4.78 is 36.6. The van der Waals surface area contributed by atoms with Gasteiger partial charge in [-0.3, -0.25) is 4.79 Å². The standard InChI is InChI=1S/C21H23ClN2O6S/c1-14(21(26)24-13-16-4-8-17(22)9-5-16)30-20(25)11-7-15-6-10-18(29-3)19(12-15)31(27,28)23-2/h4-12,14,23H,13H2,1-3H3,(H,24,26)/b11-7+. The fraction of sp³-hybridized carbons (Fsp3) is 0.238. The molecule has 0 fully saturated rings. The van der Waals surface area contributed by atoms with Crippen molar-refractivity contribution in [2.75, 3.05) is 14.2 Å². The van der Waals surface area contributed by atoms with Gasteiger partial charge in [-0.15, -0.1) is 0 Å². The van der Waals surface area contributed by atoms with Crippen LogP contribution in [0.15, 0.2) is 53.4 Å². The molecule has 0 bridgehead atoms. The van der Waals surface area contributed by atoms with Crippen LogP contribution in [0.3, 0.4) is 0 Å². The van der Waals surface area contributed by atoms with Gasteiger partial charge in [0.1, 0.15) is 10.6 Å². The van der Waals surface area contributed by atoms with Crippen molar-refractivity contribution in [3.63, 3.8) is 0 Å². The van der Waals surface area contributed by atoms with Gasteiger partial charge in [-0.1, -0.05) is 29.8 Å². The second kappa shape index (κ2) is 10.9. The van der Waals surface area contributed by atoms with E-state index in [-0.39, 0.29) is 17.2 Å². The lowest BCUT2D eigenvalue weighted by atomic mass is 10.2. The summed E-state index contributed by atoms with van der Waals surface area (Å²) in [5, 5.41) is 3.26. The Hall–Kier alpha value is -2.88. The molecule has 0 aliphatic rings. The lowest BCUT2D eigenvalue weighted by Gasteiger charge is -2.12. The highest BCUT2D eigenvalue weighted by molar-refractivity contribution is 7.89. The summed E-state index contributed by atoms with van der Waals surface area (Å²) in [7, 11) is -1.11. The number of hydrogen-bond acceptors (Lipinski definition) is 6. The molecule has 8 nitrogen and oxygen atoms in total. The van der Waals surface area contributed by atoms with Crippen LogP contribution >= 0.6 is 11.6 Å². The molecule has 1 unspecified atom stereocenters. The van der Waals surface area contributed by atoms with Crippen molar-refractivity contribution in [2.24, 2.45) is 0 Å². The van der Waals surface area contributed by atoms with E-state index in [1.54, 1.807) is 30.3 Å². The molecule has 0 aliphatic heterocycles. The topological polar surface area (TPSA) is 111 Å². The molecule has 2 N–H and O–H groups in total. The van der Waals surface area contributed by atoms with Crippen LogP contribution in [0.25, 0.3) is 6.08 Å². The first-order valence-corrected chi connectivity index (χ1v) is 11.0. The molecule has 1 amide bonds. The third kappa shape index (κ3) is 7.09. The first-order chi connectivity index (χ1) is 14.7. The second-order valence-electron chi connectivity index (χ2n) is 6.37. The Kier molecular flexibility index (Phi) is 8.61. The number of sulfonamides is 1. The Morgan fingerprint density at radius 1 is 1.16 bits per heavy atom. The lowest BCUT2D eigenvalue weighted by Crippen LogP contribution is -2.35. The number of amides is 1. The minimum atomic E-state index is -3.75. The minimum absolute atomic E-state index is 0.0667. The summed E-state index contributed by atoms with van der Waals surface area (Å²) in [5.41, 5.74) is 1.29. The molecule has 0 heterocycles. The molecule has 0 aromatic heterocycles. The number of benzene rings is 2. The van der Waals surface area contributed by atoms with E-state index in [9.17, 15) is 18.0 Å². The predicted octanol–water partition coefficient (Wildman–Crippen LogP) is 2.52. The number of rotatable bonds is 9. The van der Waals surface area contributed by atoms with Gasteiger partial charge < -0.3 is 14.8 Å². The highest BCUT2D eigenvalue weighted by Gasteiger charge is 2.18. The van der Waals surface area contributed by atoms with Crippen LogP contribution in [0, 0.1) is 0 Å². The number of methoxy groups -OCH3 is 1. The third-order valence-corrected chi connectivity index (χ3v) is 5.89. The number of nitrogens with one attached hydrogen (secondary N) is 2. The maximum atomic E-state index is 12.1. The van der Waals surface area contributed by atoms with Gasteiger partial charge >= 0.3 is 5.97 Å². The molecular formula is C21H23ClN2O6S. The smallest absolute Gasteiger partial charge is 0.331 e. The molecule has 0 radical (unpaired) electrons. The average molecular weight is 467 g/mol. The summed E-state index contributed by atoms with van der Waals surface area (Å²) in [6.45, 7) is 1.72. The summed E-state index contributed by atoms with van der Waals surface area (Å²) in [6, 6.07) is 11.4. The number of hydrogen-bond donors (Lipinski definition) is 2. The molecule has 0 aliphatic carbocycles. The van der Waals surface area contributed by atoms with Crippen molar-refractivity contribution in [3.05, 3.63) is 64.7 Å². The van der Waals surface area contributed by atoms with Crippen molar-refractivity contribution in [1.82, 2.24) is 10.0 Å². The lowest BCUT2D eigenvalue weighted by molar-refractivity contribution is -0.150. The number of esters is 1. The van der Waals surface area contributed by atoms with E-state index >= 15 is 0 Å². The minimum Gasteiger partial charge on any atom is -0.495 e. The van der Waals surface area contributed by atoms with E-state index in [4.69, 9.17) is 21.1 Å². The van der Waals surface area contributed by atoms with Crippen LogP contribution in [0.4, 0.5) is 0 Å². The highest BCUT2D eigenvalue weighted by atomic mass is 35.5. The quantitative estimate of drug-likeness (QED) is 0.434. The zero-order valence-electron chi connectivity index (χ0n) is 17.2. The Morgan fingerprint density at radius 3 is 2.45 bits per heavy atom. The maximum Gasteiger partial charge on any atom is 0.331 e. The van der Waals surface area contributed by atoms with Gasteiger partial charge in [-0.25, -0.2) is 17.9 Å². The Morgan fingerprint density at radius 2 is 1.84 bits per heavy atom. The van der Waals surface area contributed by atoms with E-state index in [1.807, 2.05) is 0 Å². The van der Waals surface area contributed by atoms with Crippen molar-refractivity contribution >= 4 is 39.6 Å². The Balaban J connectivity index is 1.97. The fourth-order valence-electron chi connectivity index (χ4n) is 2.48. The van der Waals surface area contributed by atoms with Crippen molar-refractivity contribution in [1.29, 1.82) is 0 Å². The number of halogens is 1. The van der Waals surface area contributed by atoms with Gasteiger partial charge in [0.05, 0.1) is 7.11 Å². The Bertz CT molecular complexity index is 1070. The van der Waals surface area contributed by atoms with Crippen LogP contribution in [0.5, 0.6) is 5.75 Å². The first kappa shape index (κ1) is 24.4. The van der Waals surface area contributed by atoms with E-state index in [0.29, 0.717) is 10.6 Å². The highest BCUT2D eigenvalue weighted by Crippen LogP contribution is 2.25. The molecule has 1 atom stereocenters. The summed E-state index contributed by atoms with van der Waals surface area (Å²) in [5.74, 6) is -1.04. The van der Waals surface area contributed by atoms with Crippen molar-refractivity contribution in [2.45, 2.75) is 24.5 Å². The Labute approximate surface area is 186 Å². The van der Waals surface area contributed by atoms with Crippen molar-refractivity contribution in [3.8, 4) is 5.75 Å². The molecule has 31 heavy (non-hydrogen) atoms. The first-order valence-electron chi connectivity index (χ1n) is 9.18. The molecule has 166 valence electrons. The molecule has 2 rings (SSSR count). The second-order valence-corrected chi connectivity index (χ2v) is 8.67. The summed E-state index contributed by atoms with van der Waals surface area (Å²) in [4.78, 5) is 24.1. The monoisotopic (exact) mass is 466 g/mol. The largest absolute Gasteiger partial charge is 0.495 e. The molecule has 10 heteroatoms. The van der Waals surface area contributed by atoms with Gasteiger partial charge in [0.2, 0.25) is 10.0 Å². The molecule has 0 spiro atoms. The van der Waals surface area contributed by atoms with Crippen molar-refractivity contribution < 1.29 is 27.5 Å². The van der Waals surface area contributed by atoms with E-state index in [2.05, 4.69) is 10.0 Å². The molecule has 2 aromatic carbocycles. The van der Waals surface area contributed by atoms with Crippen LogP contribution in [0.2, 0.25) is 5.02 Å². The molecule has 0 saturated carbocycles. The van der Waals surface area contributed by atoms with E-state index in [1.165, 1.54) is 39.3 Å². The van der Waals surface area contributed by atoms with E-state index in [0.717, 1.165) is 11.6 Å². The van der Waals surface area contributed by atoms with Crippen LogP contribution in [0.1, 0.15) is 18.1 Å². The van der Waals surface area contributed by atoms with Gasteiger partial charge in [-0.2, -0.15) is 0 Å². The number of ether oxygens (including phenoxy) is 2. The van der Waals surface area contributed by atoms with E-state index < -0.39 is 28.0 Å². The summed E-state index contributed by atoms with van der Waals surface area (Å²) in [6.07, 6.45) is 1.48. The van der Waals surface area contributed by atoms with Crippen LogP contribution in [-0.2, 0) is 30.9 Å². The molecule has 0 saturated heterocycles. The maximum absolute atomic E-state index is 12.1. The fourth-order valence-corrected chi connectivity index (χ4v) is 3.54. The normalized spacial score (nSPS) is 12.4. The van der Waals surface area contributed by atoms with Crippen LogP contribution in [-0.4, -0.2) is 40.6 Å². The zero-order valence-corrected chi connectivity index (χ0v) is 18.8. The predicted molar refractivity (Wildman–Crippen MR) is 117 cm³/mol. The SMILES string of the molecule is CNS(=O)(=O)c1cc(/C=C/C(=O)OC(C)C(=O)NCc2ccc(Cl)cc2)ccc1OC. The molecular weight excluding hydrogens is 444 g/mol. The zero-order chi connectivity index (χ0) is 23.0. The van der Waals surface area contributed by atoms with Gasteiger partial charge in [-0.05, 0) is 55.4 Å². The van der Waals surface area contributed by atoms with Crippen LogP contribution < -0.4 is 14.8 Å². The van der Waals surface area contributed by atoms with Gasteiger partial charge in [0.15, 0.2) is 6.10 Å². The average Bonchev–Trinajstić information content (AvgIpc) is 2.76. The van der Waals surface area contributed by atoms with Gasteiger partial charge in [0, 0.05) is 17.6 Å². The molecule has 2 aromatic rings. The van der Waals surface area contributed by atoms with Gasteiger partial charge in [0.25, 0.3) is 5.91 Å². The third-order valence-electron chi connectivity index (χ3n) is 4.20. The number of carbonyl (C=O) groups is 2.